The summed E-state index contributed by atoms with van der Waals surface area (Å²) in [6, 6.07) is 0. The van der Waals surface area contributed by atoms with Crippen molar-refractivity contribution in [3.8, 4) is 0 Å². The molecule has 0 bridgehead atoms. The van der Waals surface area contributed by atoms with E-state index < -0.39 is 7.82 Å². The van der Waals surface area contributed by atoms with E-state index in [-0.39, 0.29) is 0 Å². The van der Waals surface area contributed by atoms with Crippen molar-refractivity contribution in [2.45, 2.75) is 20.8 Å². The molecule has 0 aliphatic carbocycles. The Balaban J connectivity index is 0.000000367. The first-order valence-electron chi connectivity index (χ1n) is 9.90. The van der Waals surface area contributed by atoms with Gasteiger partial charge in [0.2, 0.25) is 0 Å². The van der Waals surface area contributed by atoms with E-state index >= 15 is 0 Å². The predicted octanol–water partition coefficient (Wildman–Crippen LogP) is -5.03. The molecule has 0 aromatic carbocycles. The molecule has 0 spiro atoms. The molecule has 0 saturated carbocycles. The van der Waals surface area contributed by atoms with Gasteiger partial charge in [0.1, 0.15) is 18.6 Å². The largest absolute Gasteiger partial charge is 0.822 e. The maximum Gasteiger partial charge on any atom is 0.156 e. The highest BCUT2D eigenvalue weighted by Gasteiger charge is 2.10. The Hall–Kier alpha value is -1.39. The summed E-state index contributed by atoms with van der Waals surface area (Å²) in [6.07, 6.45) is 13.0. The number of hydrogen-bond acceptors (Lipinski definition) is 7. The van der Waals surface area contributed by atoms with Gasteiger partial charge in [-0.25, -0.2) is 0 Å². The highest BCUT2D eigenvalue weighted by molar-refractivity contribution is 7.40. The lowest BCUT2D eigenvalue weighted by Gasteiger charge is -2.36. The average Bonchev–Trinajstić information content (AvgIpc) is 3.35. The minimum absolute atomic E-state index is 1.14. The normalized spacial score (nSPS) is 24.6. The van der Waals surface area contributed by atoms with Crippen molar-refractivity contribution in [1.29, 1.82) is 0 Å². The summed E-state index contributed by atoms with van der Waals surface area (Å²) in [5, 5.41) is 0. The van der Waals surface area contributed by atoms with Gasteiger partial charge in [-0.15, -0.1) is 0 Å². The standard InChI is InChI=1S/3C6H12N2.H3O4P/c3*1-3-8-5-4-7(2)6-8;1-5(2,3)4/h3*4-5H,3,6H2,1-2H3;(H3,1,2,3,4). The van der Waals surface area contributed by atoms with E-state index in [9.17, 15) is 0 Å². The molecule has 29 heavy (non-hydrogen) atoms. The lowest BCUT2D eigenvalue weighted by molar-refractivity contribution is -0.846. The Morgan fingerprint density at radius 1 is 0.690 bits per heavy atom. The molecule has 0 aromatic heterocycles. The van der Waals surface area contributed by atoms with Crippen LogP contribution in [0.5, 0.6) is 0 Å². The number of hydrogen-bond donors (Lipinski definition) is 3. The van der Waals surface area contributed by atoms with Crippen LogP contribution in [0.15, 0.2) is 37.2 Å². The zero-order valence-corrected chi connectivity index (χ0v) is 19.5. The van der Waals surface area contributed by atoms with Crippen molar-refractivity contribution in [3.63, 3.8) is 0 Å². The van der Waals surface area contributed by atoms with Crippen LogP contribution in [-0.4, -0.2) is 75.5 Å². The van der Waals surface area contributed by atoms with E-state index in [1.54, 1.807) is 0 Å². The third-order valence-corrected chi connectivity index (χ3v) is 4.41. The molecule has 0 saturated heterocycles. The summed E-state index contributed by atoms with van der Waals surface area (Å²) < 4.78 is 8.55. The van der Waals surface area contributed by atoms with Crippen molar-refractivity contribution < 1.29 is 33.9 Å². The fraction of sp³-hybridized carbons (Fsp3) is 0.667. The van der Waals surface area contributed by atoms with Gasteiger partial charge in [0.15, 0.2) is 20.0 Å². The van der Waals surface area contributed by atoms with Crippen LogP contribution in [0.3, 0.4) is 0 Å². The molecule has 3 atom stereocenters. The minimum Gasteiger partial charge on any atom is -0.822 e. The third kappa shape index (κ3) is 16.1. The number of phosphoric acid groups is 1. The zero-order valence-electron chi connectivity index (χ0n) is 18.6. The van der Waals surface area contributed by atoms with E-state index in [0.717, 1.165) is 20.0 Å². The quantitative estimate of drug-likeness (QED) is 0.382. The van der Waals surface area contributed by atoms with Gasteiger partial charge in [-0.3, -0.25) is 14.7 Å². The number of nitrogens with zero attached hydrogens (tertiary/aromatic N) is 3. The highest BCUT2D eigenvalue weighted by Crippen LogP contribution is 2.03. The summed E-state index contributed by atoms with van der Waals surface area (Å²) in [7, 11) is 0.900. The van der Waals surface area contributed by atoms with Crippen molar-refractivity contribution in [2.75, 3.05) is 60.8 Å². The van der Waals surface area contributed by atoms with Gasteiger partial charge >= 0.3 is 0 Å². The summed E-state index contributed by atoms with van der Waals surface area (Å²) in [5.41, 5.74) is 0. The Morgan fingerprint density at radius 3 is 0.966 bits per heavy atom. The zero-order chi connectivity index (χ0) is 22.4. The van der Waals surface area contributed by atoms with Crippen LogP contribution in [-0.2, 0) is 4.57 Å². The van der Waals surface area contributed by atoms with Crippen molar-refractivity contribution in [1.82, 2.24) is 14.7 Å². The van der Waals surface area contributed by atoms with Gasteiger partial charge in [-0.1, -0.05) is 0 Å². The second-order valence-corrected chi connectivity index (χ2v) is 8.07. The number of quaternary nitrogens is 3. The van der Waals surface area contributed by atoms with Gasteiger partial charge in [0.05, 0.1) is 38.2 Å². The highest BCUT2D eigenvalue weighted by atomic mass is 31.2. The molecule has 3 rings (SSSR count). The molecule has 3 aliphatic rings. The van der Waals surface area contributed by atoms with E-state index in [1.165, 1.54) is 34.3 Å². The molecule has 3 heterocycles. The average molecular weight is 435 g/mol. The Kier molecular flexibility index (Phi) is 13.9. The smallest absolute Gasteiger partial charge is 0.156 e. The Labute approximate surface area is 175 Å². The summed E-state index contributed by atoms with van der Waals surface area (Å²) in [6.45, 7) is 13.6. The monoisotopic (exact) mass is 434 g/mol. The first-order valence-corrected chi connectivity index (χ1v) is 11.4. The molecule has 170 valence electrons. The molecule has 0 radical (unpaired) electrons. The predicted molar refractivity (Wildman–Crippen MR) is 107 cm³/mol. The van der Waals surface area contributed by atoms with Crippen LogP contribution in [0, 0.1) is 0 Å². The molecule has 0 amide bonds. The topological polar surface area (TPSA) is 109 Å². The summed E-state index contributed by atoms with van der Waals surface area (Å²) >= 11 is 0. The molecule has 3 N–H and O–H groups in total. The summed E-state index contributed by atoms with van der Waals surface area (Å²) in [5.74, 6) is 0. The first kappa shape index (κ1) is 27.6. The SMILES string of the molecule is CC[NH+]1C=CN(C)C1.CC[NH+]1C=CN(C)C1.CC[NH+]1C=CN(C)C1.O=P([O-])([O-])[O-]. The van der Waals surface area contributed by atoms with Crippen LogP contribution in [0.2, 0.25) is 0 Å². The van der Waals surface area contributed by atoms with Crippen molar-refractivity contribution >= 4 is 7.82 Å². The second kappa shape index (κ2) is 14.6. The fourth-order valence-electron chi connectivity index (χ4n) is 2.66. The number of rotatable bonds is 3. The van der Waals surface area contributed by atoms with Crippen LogP contribution >= 0.6 is 7.82 Å². The van der Waals surface area contributed by atoms with Crippen LogP contribution in [0.1, 0.15) is 20.8 Å². The van der Waals surface area contributed by atoms with E-state index in [1.807, 2.05) is 0 Å². The lowest BCUT2D eigenvalue weighted by Crippen LogP contribution is -3.06. The third-order valence-electron chi connectivity index (χ3n) is 4.41. The molecule has 10 nitrogen and oxygen atoms in total. The summed E-state index contributed by atoms with van der Waals surface area (Å²) in [4.78, 5) is 36.8. The molecule has 11 heteroatoms. The van der Waals surface area contributed by atoms with E-state index in [0.29, 0.717) is 0 Å². The van der Waals surface area contributed by atoms with Crippen molar-refractivity contribution in [3.05, 3.63) is 37.2 Å². The van der Waals surface area contributed by atoms with Crippen molar-refractivity contribution in [2.24, 2.45) is 0 Å². The van der Waals surface area contributed by atoms with Gasteiger partial charge in [-0.05, 0) is 20.8 Å². The molecular weight excluding hydrogens is 395 g/mol. The molecule has 3 aliphatic heterocycles. The first-order chi connectivity index (χ1) is 13.5. The van der Waals surface area contributed by atoms with Gasteiger partial charge in [-0.2, -0.15) is 7.82 Å². The van der Waals surface area contributed by atoms with E-state index in [4.69, 9.17) is 19.2 Å². The van der Waals surface area contributed by atoms with Gasteiger partial charge in [0.25, 0.3) is 0 Å². The molecule has 3 unspecified atom stereocenters. The van der Waals surface area contributed by atoms with E-state index in [2.05, 4.69) is 93.8 Å². The van der Waals surface area contributed by atoms with Crippen LogP contribution in [0.4, 0.5) is 0 Å². The maximum atomic E-state index is 8.55. The van der Waals surface area contributed by atoms with Gasteiger partial charge < -0.3 is 33.9 Å². The fourth-order valence-corrected chi connectivity index (χ4v) is 2.66. The maximum absolute atomic E-state index is 8.55. The van der Waals surface area contributed by atoms with Crippen LogP contribution in [0.25, 0.3) is 0 Å². The van der Waals surface area contributed by atoms with Gasteiger partial charge in [0, 0.05) is 21.1 Å². The number of nitrogens with one attached hydrogen (secondary N) is 3. The second-order valence-electron chi connectivity index (χ2n) is 7.18. The Bertz CT molecular complexity index is 498. The Morgan fingerprint density at radius 2 is 0.897 bits per heavy atom. The minimum atomic E-state index is -5.39. The lowest BCUT2D eigenvalue weighted by atomic mass is 10.6. The van der Waals surface area contributed by atoms with Crippen LogP contribution < -0.4 is 29.4 Å². The molecular formula is C18H39N6O4P. The molecule has 0 fully saturated rings. The molecule has 0 aromatic rings.